The Bertz CT molecular complexity index is 4800. The number of hydrogen-bond acceptors (Lipinski definition) is 5. The fourth-order valence-corrected chi connectivity index (χ4v) is 12.5. The number of imidazole rings is 2. The van der Waals surface area contributed by atoms with Gasteiger partial charge in [0.1, 0.15) is 5.58 Å². The van der Waals surface area contributed by atoms with E-state index in [1.807, 2.05) is 19.1 Å². The number of aryl methyl sites for hydroxylation is 1. The smallest absolute Gasteiger partial charge is 0.501 e. The van der Waals surface area contributed by atoms with Crippen molar-refractivity contribution < 1.29 is 30.2 Å². The molecule has 0 N–H and O–H groups in total. The standard InChI is InChI=1S/C76H63N5O2.Pt/c1-44(2)58-38-53(49-21-12-10-13-22-49)39-59(45(3)4)72(58)80-67-29-18-16-27-65(67)78-75(80)52-25-20-26-55(37-52)82-56-42-62-71-69(36-33-51-32-35-64-57(70(51)71)34-31-48(9)77-64)83-74(62)63(43-56)76-79-66-28-17-19-30-68(66)81(76)73-60(46(5)6)40-54(41-61(73)47(7)8)50-23-14-11-15-24-50;/h10-36,38-42,44-47H,1-9H3;/q-2;+2. The molecule has 0 spiro atoms. The second kappa shape index (κ2) is 21.7. The topological polar surface area (TPSA) is 70.9 Å². The van der Waals surface area contributed by atoms with Gasteiger partial charge in [-0.15, -0.1) is 23.8 Å². The molecule has 0 saturated heterocycles. The molecule has 0 radical (unpaired) electrons. The maximum atomic E-state index is 7.22. The maximum absolute atomic E-state index is 7.22. The molecule has 0 fully saturated rings. The van der Waals surface area contributed by atoms with Gasteiger partial charge in [-0.1, -0.05) is 188 Å². The Kier molecular flexibility index (Phi) is 14.0. The number of furan rings is 1. The van der Waals surface area contributed by atoms with E-state index in [0.29, 0.717) is 28.5 Å². The summed E-state index contributed by atoms with van der Waals surface area (Å²) in [5.41, 5.74) is 20.5. The summed E-state index contributed by atoms with van der Waals surface area (Å²) in [4.78, 5) is 16.0. The molecule has 84 heavy (non-hydrogen) atoms. The van der Waals surface area contributed by atoms with Crippen LogP contribution in [0.4, 0.5) is 0 Å². The Morgan fingerprint density at radius 2 is 0.952 bits per heavy atom. The SMILES string of the molecule is Cc1ccc2c(ccc3ccc4oc5c(-c6nc7ccccc7n6-c6c(C(C)C)cc(-c7ccccc7)cc6C(C)C)[c-]c(Oc6[c-]c(-c7nc8ccccc8n7-c7c(C(C)C)cc(-c8ccccc8)cc7C(C)C)ccc6)cc5c4c32)n1.[Pt+2]. The third-order valence-electron chi connectivity index (χ3n) is 16.5. The molecule has 0 saturated carbocycles. The normalized spacial score (nSPS) is 12.0. The van der Waals surface area contributed by atoms with E-state index in [2.05, 4.69) is 259 Å². The Hall–Kier alpha value is -8.90. The predicted molar refractivity (Wildman–Crippen MR) is 343 cm³/mol. The average molecular weight is 1270 g/mol. The van der Waals surface area contributed by atoms with E-state index in [1.54, 1.807) is 0 Å². The van der Waals surface area contributed by atoms with Gasteiger partial charge in [-0.2, -0.15) is 0 Å². The average Bonchev–Trinajstić information content (AvgIpc) is 3.39. The van der Waals surface area contributed by atoms with E-state index >= 15 is 0 Å². The molecule has 414 valence electrons. The Balaban J connectivity index is 0.00000658. The maximum Gasteiger partial charge on any atom is 2.00 e. The number of aromatic nitrogens is 5. The van der Waals surface area contributed by atoms with Crippen LogP contribution in [0.2, 0.25) is 0 Å². The van der Waals surface area contributed by atoms with E-state index in [4.69, 9.17) is 24.1 Å². The minimum absolute atomic E-state index is 0. The molecule has 4 aromatic heterocycles. The molecule has 0 atom stereocenters. The zero-order valence-corrected chi connectivity index (χ0v) is 50.9. The first kappa shape index (κ1) is 54.4. The van der Waals surface area contributed by atoms with Gasteiger partial charge in [-0.25, -0.2) is 0 Å². The monoisotopic (exact) mass is 1270 g/mol. The molecular formula is C76H63N5O2Pt. The number of nitrogens with zero attached hydrogens (tertiary/aromatic N) is 5. The van der Waals surface area contributed by atoms with E-state index in [9.17, 15) is 0 Å². The van der Waals surface area contributed by atoms with Crippen LogP contribution in [-0.2, 0) is 21.1 Å². The van der Waals surface area contributed by atoms with Crippen LogP contribution in [0.25, 0.3) is 122 Å². The molecule has 0 unspecified atom stereocenters. The molecule has 7 nitrogen and oxygen atoms in total. The first-order valence-corrected chi connectivity index (χ1v) is 29.1. The third kappa shape index (κ3) is 9.30. The summed E-state index contributed by atoms with van der Waals surface area (Å²) in [6, 6.07) is 76.3. The molecule has 14 rings (SSSR count). The van der Waals surface area contributed by atoms with Crippen molar-refractivity contribution in [3.8, 4) is 67.9 Å². The second-order valence-electron chi connectivity index (χ2n) is 23.4. The fourth-order valence-electron chi connectivity index (χ4n) is 12.5. The second-order valence-corrected chi connectivity index (χ2v) is 23.4. The summed E-state index contributed by atoms with van der Waals surface area (Å²) in [5, 5.41) is 5.05. The number of rotatable bonds is 12. The van der Waals surface area contributed by atoms with Gasteiger partial charge in [0.05, 0.1) is 44.8 Å². The van der Waals surface area contributed by atoms with Crippen molar-refractivity contribution >= 4 is 65.7 Å². The summed E-state index contributed by atoms with van der Waals surface area (Å²) < 4.78 is 19.1. The van der Waals surface area contributed by atoms with Crippen molar-refractivity contribution in [1.82, 2.24) is 24.1 Å². The predicted octanol–water partition coefficient (Wildman–Crippen LogP) is 20.8. The van der Waals surface area contributed by atoms with Crippen LogP contribution in [-0.4, -0.2) is 24.1 Å². The van der Waals surface area contributed by atoms with Gasteiger partial charge in [0.25, 0.3) is 0 Å². The van der Waals surface area contributed by atoms with Crippen molar-refractivity contribution in [3.63, 3.8) is 0 Å². The fraction of sp³-hybridized carbons (Fsp3) is 0.171. The van der Waals surface area contributed by atoms with Crippen molar-refractivity contribution in [3.05, 3.63) is 234 Å². The van der Waals surface area contributed by atoms with E-state index in [1.165, 1.54) is 44.5 Å². The van der Waals surface area contributed by atoms with Gasteiger partial charge in [-0.3, -0.25) is 15.0 Å². The van der Waals surface area contributed by atoms with Gasteiger partial charge in [-0.05, 0) is 147 Å². The zero-order chi connectivity index (χ0) is 56.8. The quantitative estimate of drug-likeness (QED) is 0.0900. The van der Waals surface area contributed by atoms with Crippen molar-refractivity contribution in [2.45, 2.75) is 86.0 Å². The van der Waals surface area contributed by atoms with E-state index in [0.717, 1.165) is 88.6 Å². The summed E-state index contributed by atoms with van der Waals surface area (Å²) in [6.45, 7) is 20.3. The van der Waals surface area contributed by atoms with Crippen LogP contribution >= 0.6 is 0 Å². The van der Waals surface area contributed by atoms with Crippen LogP contribution in [0, 0.1) is 19.1 Å². The summed E-state index contributed by atoms with van der Waals surface area (Å²) in [7, 11) is 0. The first-order valence-electron chi connectivity index (χ1n) is 29.1. The minimum atomic E-state index is 0. The molecule has 8 heteroatoms. The van der Waals surface area contributed by atoms with E-state index in [-0.39, 0.29) is 44.7 Å². The van der Waals surface area contributed by atoms with Crippen molar-refractivity contribution in [2.24, 2.45) is 0 Å². The van der Waals surface area contributed by atoms with Crippen LogP contribution < -0.4 is 4.74 Å². The number of ether oxygens (including phenoxy) is 1. The molecule has 0 amide bonds. The number of pyridine rings is 1. The van der Waals surface area contributed by atoms with E-state index < -0.39 is 0 Å². The molecule has 0 bridgehead atoms. The molecule has 14 aromatic rings. The number of benzene rings is 10. The number of para-hydroxylation sites is 4. The molecule has 0 aliphatic carbocycles. The van der Waals surface area contributed by atoms with Crippen LogP contribution in [0.1, 0.15) is 107 Å². The van der Waals surface area contributed by atoms with Crippen LogP contribution in [0.3, 0.4) is 0 Å². The molecule has 0 aliphatic rings. The molecular weight excluding hydrogens is 1210 g/mol. The summed E-state index contributed by atoms with van der Waals surface area (Å²) >= 11 is 0. The van der Waals surface area contributed by atoms with Gasteiger partial charge in [0, 0.05) is 44.7 Å². The van der Waals surface area contributed by atoms with Crippen molar-refractivity contribution in [1.29, 1.82) is 0 Å². The molecule has 4 heterocycles. The van der Waals surface area contributed by atoms with Gasteiger partial charge in [0.15, 0.2) is 0 Å². The number of hydrogen-bond donors (Lipinski definition) is 0. The van der Waals surface area contributed by atoms with Gasteiger partial charge in [0.2, 0.25) is 0 Å². The van der Waals surface area contributed by atoms with Gasteiger partial charge >= 0.3 is 21.1 Å². The number of fused-ring (bicyclic) bond motifs is 9. The minimum Gasteiger partial charge on any atom is -0.501 e. The van der Waals surface area contributed by atoms with Crippen LogP contribution in [0.5, 0.6) is 11.5 Å². The van der Waals surface area contributed by atoms with Crippen LogP contribution in [0.15, 0.2) is 199 Å². The largest absolute Gasteiger partial charge is 2.00 e. The zero-order valence-electron chi connectivity index (χ0n) is 48.7. The first-order chi connectivity index (χ1) is 40.4. The molecule has 10 aromatic carbocycles. The Morgan fingerprint density at radius 1 is 0.429 bits per heavy atom. The summed E-state index contributed by atoms with van der Waals surface area (Å²) in [5.74, 6) is 3.26. The Morgan fingerprint density at radius 3 is 1.52 bits per heavy atom. The van der Waals surface area contributed by atoms with Crippen molar-refractivity contribution in [2.75, 3.05) is 0 Å². The summed E-state index contributed by atoms with van der Waals surface area (Å²) in [6.07, 6.45) is 0. The van der Waals surface area contributed by atoms with Gasteiger partial charge < -0.3 is 18.3 Å². The molecule has 0 aliphatic heterocycles. The third-order valence-corrected chi connectivity index (χ3v) is 16.5. The Labute approximate surface area is 504 Å².